The maximum Gasteiger partial charge on any atom is 0.242 e. The van der Waals surface area contributed by atoms with E-state index in [9.17, 15) is 4.79 Å². The molecule has 0 bridgehead atoms. The number of nitrogens with zero attached hydrogens (tertiary/aromatic N) is 3. The summed E-state index contributed by atoms with van der Waals surface area (Å²) in [4.78, 5) is 17.5. The Morgan fingerprint density at radius 3 is 2.37 bits per heavy atom. The van der Waals surface area contributed by atoms with E-state index in [1.165, 1.54) is 16.6 Å². The first-order chi connectivity index (χ1) is 14.5. The Kier molecular flexibility index (Phi) is 5.71. The molecule has 2 aromatic carbocycles. The van der Waals surface area contributed by atoms with Crippen LogP contribution < -0.4 is 9.64 Å². The van der Waals surface area contributed by atoms with Crippen molar-refractivity contribution in [3.05, 3.63) is 59.8 Å². The first-order valence-electron chi connectivity index (χ1n) is 10.7. The molecule has 0 aliphatic carbocycles. The number of carbonyl (C=O) groups is 1. The zero-order chi connectivity index (χ0) is 21.3. The number of ether oxygens (including phenoxy) is 1. The summed E-state index contributed by atoms with van der Waals surface area (Å²) >= 11 is 0. The normalized spacial score (nSPS) is 14.6. The number of carbonyl (C=O) groups excluding carboxylic acids is 1. The Balaban J connectivity index is 1.49. The summed E-state index contributed by atoms with van der Waals surface area (Å²) in [6.07, 6.45) is 0. The van der Waals surface area contributed by atoms with Gasteiger partial charge in [-0.3, -0.25) is 4.79 Å². The molecule has 1 amide bonds. The summed E-state index contributed by atoms with van der Waals surface area (Å²) < 4.78 is 7.70. The molecule has 0 radical (unpaired) electrons. The van der Waals surface area contributed by atoms with Gasteiger partial charge in [0, 0.05) is 42.8 Å². The molecule has 0 spiro atoms. The molecule has 1 aromatic heterocycles. The van der Waals surface area contributed by atoms with Crippen LogP contribution in [0.25, 0.3) is 10.9 Å². The lowest BCUT2D eigenvalue weighted by molar-refractivity contribution is -0.132. The van der Waals surface area contributed by atoms with Gasteiger partial charge < -0.3 is 19.1 Å². The predicted molar refractivity (Wildman–Crippen MR) is 123 cm³/mol. The van der Waals surface area contributed by atoms with Crippen molar-refractivity contribution in [3.63, 3.8) is 0 Å². The van der Waals surface area contributed by atoms with E-state index in [1.54, 1.807) is 7.11 Å². The zero-order valence-electron chi connectivity index (χ0n) is 18.4. The van der Waals surface area contributed by atoms with E-state index in [1.807, 2.05) is 23.1 Å². The van der Waals surface area contributed by atoms with E-state index in [4.69, 9.17) is 4.74 Å². The molecule has 1 fully saturated rings. The van der Waals surface area contributed by atoms with Crippen molar-refractivity contribution in [2.75, 3.05) is 38.2 Å². The summed E-state index contributed by atoms with van der Waals surface area (Å²) in [6.45, 7) is 10.1. The number of amides is 1. The van der Waals surface area contributed by atoms with Crippen LogP contribution in [0.1, 0.15) is 31.0 Å². The van der Waals surface area contributed by atoms with E-state index < -0.39 is 0 Å². The number of anilines is 1. The van der Waals surface area contributed by atoms with Gasteiger partial charge in [-0.2, -0.15) is 0 Å². The van der Waals surface area contributed by atoms with Crippen molar-refractivity contribution in [2.24, 2.45) is 0 Å². The third kappa shape index (κ3) is 3.64. The first kappa shape index (κ1) is 20.3. The minimum absolute atomic E-state index is 0.189. The molecule has 0 atom stereocenters. The first-order valence-corrected chi connectivity index (χ1v) is 10.7. The van der Waals surface area contributed by atoms with Gasteiger partial charge in [0.05, 0.1) is 12.8 Å². The predicted octanol–water partition coefficient (Wildman–Crippen LogP) is 4.43. The van der Waals surface area contributed by atoms with Crippen molar-refractivity contribution < 1.29 is 9.53 Å². The Morgan fingerprint density at radius 2 is 1.67 bits per heavy atom. The summed E-state index contributed by atoms with van der Waals surface area (Å²) in [6, 6.07) is 16.5. The van der Waals surface area contributed by atoms with Gasteiger partial charge in [-0.15, -0.1) is 0 Å². The van der Waals surface area contributed by atoms with Gasteiger partial charge >= 0.3 is 0 Å². The number of hydrogen-bond donors (Lipinski definition) is 0. The Labute approximate surface area is 178 Å². The highest BCUT2D eigenvalue weighted by atomic mass is 16.5. The third-order valence-corrected chi connectivity index (χ3v) is 6.21. The van der Waals surface area contributed by atoms with Crippen LogP contribution >= 0.6 is 0 Å². The van der Waals surface area contributed by atoms with Crippen molar-refractivity contribution in [3.8, 4) is 5.75 Å². The van der Waals surface area contributed by atoms with E-state index in [-0.39, 0.29) is 5.91 Å². The van der Waals surface area contributed by atoms with Gasteiger partial charge in [-0.1, -0.05) is 44.2 Å². The number of rotatable bonds is 5. The summed E-state index contributed by atoms with van der Waals surface area (Å²) in [5, 5.41) is 1.26. The molecule has 30 heavy (non-hydrogen) atoms. The molecule has 0 unspecified atom stereocenters. The van der Waals surface area contributed by atoms with E-state index >= 15 is 0 Å². The Morgan fingerprint density at radius 1 is 1.00 bits per heavy atom. The van der Waals surface area contributed by atoms with Gasteiger partial charge in [0.25, 0.3) is 0 Å². The van der Waals surface area contributed by atoms with Gasteiger partial charge in [-0.25, -0.2) is 0 Å². The van der Waals surface area contributed by atoms with Crippen LogP contribution in [-0.2, 0) is 11.3 Å². The largest absolute Gasteiger partial charge is 0.495 e. The van der Waals surface area contributed by atoms with Crippen LogP contribution in [0.3, 0.4) is 0 Å². The molecule has 3 aromatic rings. The second-order valence-corrected chi connectivity index (χ2v) is 8.30. The molecule has 1 aliphatic rings. The highest BCUT2D eigenvalue weighted by Gasteiger charge is 2.24. The topological polar surface area (TPSA) is 37.7 Å². The smallest absolute Gasteiger partial charge is 0.242 e. The lowest BCUT2D eigenvalue weighted by Gasteiger charge is -2.36. The minimum atomic E-state index is 0.189. The highest BCUT2D eigenvalue weighted by Crippen LogP contribution is 2.32. The Bertz CT molecular complexity index is 1050. The maximum atomic E-state index is 13.2. The maximum absolute atomic E-state index is 13.2. The average Bonchev–Trinajstić information content (AvgIpc) is 3.05. The number of fused-ring (bicyclic) bond motifs is 1. The van der Waals surface area contributed by atoms with E-state index in [2.05, 4.69) is 60.6 Å². The fourth-order valence-corrected chi connectivity index (χ4v) is 4.71. The summed E-state index contributed by atoms with van der Waals surface area (Å²) in [7, 11) is 1.70. The number of aromatic nitrogens is 1. The van der Waals surface area contributed by atoms with Crippen molar-refractivity contribution >= 4 is 22.5 Å². The molecule has 2 heterocycles. The highest BCUT2D eigenvalue weighted by molar-refractivity contribution is 5.88. The van der Waals surface area contributed by atoms with Crippen LogP contribution in [-0.4, -0.2) is 48.7 Å². The number of para-hydroxylation sites is 3. The molecule has 5 heteroatoms. The average molecular weight is 406 g/mol. The van der Waals surface area contributed by atoms with E-state index in [0.29, 0.717) is 12.5 Å². The second-order valence-electron chi connectivity index (χ2n) is 8.30. The Hall–Kier alpha value is -2.95. The summed E-state index contributed by atoms with van der Waals surface area (Å²) in [5.74, 6) is 1.50. The second kappa shape index (κ2) is 8.42. The van der Waals surface area contributed by atoms with Gasteiger partial charge in [-0.05, 0) is 36.6 Å². The lowest BCUT2D eigenvalue weighted by atomic mass is 10.00. The lowest BCUT2D eigenvalue weighted by Crippen LogP contribution is -2.49. The number of piperazine rings is 1. The molecular formula is C25H31N3O2. The SMILES string of the molecule is COc1ccccc1N1CCN(C(=O)Cn2c(C)c(C(C)C)c3ccccc32)CC1. The fraction of sp³-hybridized carbons (Fsp3) is 0.400. The minimum Gasteiger partial charge on any atom is -0.495 e. The number of methoxy groups -OCH3 is 1. The van der Waals surface area contributed by atoms with Crippen LogP contribution in [0.5, 0.6) is 5.75 Å². The van der Waals surface area contributed by atoms with Crippen LogP contribution in [0.15, 0.2) is 48.5 Å². The molecule has 4 rings (SSSR count). The van der Waals surface area contributed by atoms with Crippen LogP contribution in [0, 0.1) is 6.92 Å². The van der Waals surface area contributed by atoms with Crippen molar-refractivity contribution in [1.29, 1.82) is 0 Å². The fourth-order valence-electron chi connectivity index (χ4n) is 4.71. The van der Waals surface area contributed by atoms with Crippen LogP contribution in [0.2, 0.25) is 0 Å². The van der Waals surface area contributed by atoms with Crippen molar-refractivity contribution in [2.45, 2.75) is 33.2 Å². The van der Waals surface area contributed by atoms with Crippen molar-refractivity contribution in [1.82, 2.24) is 9.47 Å². The molecule has 1 saturated heterocycles. The van der Waals surface area contributed by atoms with Gasteiger partial charge in [0.15, 0.2) is 0 Å². The monoisotopic (exact) mass is 405 g/mol. The van der Waals surface area contributed by atoms with Crippen LogP contribution in [0.4, 0.5) is 5.69 Å². The standard InChI is InChI=1S/C25H31N3O2/c1-18(2)25-19(3)28(21-10-6-5-9-20(21)25)17-24(29)27-15-13-26(14-16-27)22-11-7-8-12-23(22)30-4/h5-12,18H,13-17H2,1-4H3. The summed E-state index contributed by atoms with van der Waals surface area (Å²) in [5.41, 5.74) is 4.80. The van der Waals surface area contributed by atoms with Gasteiger partial charge in [0.2, 0.25) is 5.91 Å². The molecule has 158 valence electrons. The third-order valence-electron chi connectivity index (χ3n) is 6.21. The molecule has 0 N–H and O–H groups in total. The van der Waals surface area contributed by atoms with E-state index in [0.717, 1.165) is 43.1 Å². The molecule has 0 saturated carbocycles. The van der Waals surface area contributed by atoms with Gasteiger partial charge in [0.1, 0.15) is 12.3 Å². The number of benzene rings is 2. The molecule has 5 nitrogen and oxygen atoms in total. The molecule has 1 aliphatic heterocycles. The molecular weight excluding hydrogens is 374 g/mol. The quantitative estimate of drug-likeness (QED) is 0.630. The number of hydrogen-bond acceptors (Lipinski definition) is 3. The zero-order valence-corrected chi connectivity index (χ0v) is 18.4.